The third-order valence-electron chi connectivity index (χ3n) is 4.87. The Morgan fingerprint density at radius 1 is 1.30 bits per heavy atom. The van der Waals surface area contributed by atoms with E-state index in [1.807, 2.05) is 30.7 Å². The lowest BCUT2D eigenvalue weighted by Crippen LogP contribution is -2.39. The molecule has 3 heterocycles. The van der Waals surface area contributed by atoms with Crippen molar-refractivity contribution >= 4 is 17.6 Å². The lowest BCUT2D eigenvalue weighted by atomic mass is 10.1. The van der Waals surface area contributed by atoms with Crippen LogP contribution in [0.5, 0.6) is 5.75 Å². The number of guanidine groups is 1. The average molecular weight is 369 g/mol. The molecule has 1 aromatic heterocycles. The maximum atomic E-state index is 11.9. The smallest absolute Gasteiger partial charge is 0.251 e. The van der Waals surface area contributed by atoms with Gasteiger partial charge in [-0.2, -0.15) is 0 Å². The summed E-state index contributed by atoms with van der Waals surface area (Å²) < 4.78 is 7.96. The van der Waals surface area contributed by atoms with Crippen molar-refractivity contribution in [1.29, 1.82) is 0 Å². The van der Waals surface area contributed by atoms with Gasteiger partial charge in [-0.25, -0.2) is 9.98 Å². The largest absolute Gasteiger partial charge is 0.494 e. The first-order valence-corrected chi connectivity index (χ1v) is 9.23. The first-order valence-electron chi connectivity index (χ1n) is 9.23. The fourth-order valence-electron chi connectivity index (χ4n) is 3.38. The van der Waals surface area contributed by atoms with Gasteiger partial charge in [0, 0.05) is 31.0 Å². The van der Waals surface area contributed by atoms with Gasteiger partial charge in [0.2, 0.25) is 5.96 Å². The quantitative estimate of drug-likeness (QED) is 0.687. The van der Waals surface area contributed by atoms with Gasteiger partial charge in [0.15, 0.2) is 0 Å². The number of carbonyl (C=O) groups excluding carboxylic acids is 1. The van der Waals surface area contributed by atoms with Crippen LogP contribution in [0.15, 0.2) is 41.9 Å². The zero-order valence-electron chi connectivity index (χ0n) is 15.0. The Bertz CT molecular complexity index is 834. The highest BCUT2D eigenvalue weighted by Crippen LogP contribution is 2.31. The van der Waals surface area contributed by atoms with Crippen LogP contribution in [-0.2, 0) is 17.9 Å². The van der Waals surface area contributed by atoms with E-state index < -0.39 is 6.04 Å². The number of aliphatic imine (C=N–C) groups is 1. The van der Waals surface area contributed by atoms with Crippen molar-refractivity contribution in [3.05, 3.63) is 42.5 Å². The second-order valence-corrected chi connectivity index (χ2v) is 6.75. The first kappa shape index (κ1) is 17.5. The van der Waals surface area contributed by atoms with E-state index in [1.54, 1.807) is 11.1 Å². The summed E-state index contributed by atoms with van der Waals surface area (Å²) >= 11 is 0. The number of benzene rings is 1. The van der Waals surface area contributed by atoms with Gasteiger partial charge in [-0.05, 0) is 37.5 Å². The molecule has 0 aliphatic carbocycles. The van der Waals surface area contributed by atoms with Crippen LogP contribution in [0.3, 0.4) is 0 Å². The number of imidazole rings is 1. The number of amides is 1. The Morgan fingerprint density at radius 3 is 3.04 bits per heavy atom. The van der Waals surface area contributed by atoms with E-state index in [9.17, 15) is 9.90 Å². The van der Waals surface area contributed by atoms with Crippen LogP contribution in [0.4, 0.5) is 5.69 Å². The van der Waals surface area contributed by atoms with Crippen molar-refractivity contribution in [2.75, 3.05) is 13.2 Å². The summed E-state index contributed by atoms with van der Waals surface area (Å²) in [5.41, 5.74) is 1.82. The summed E-state index contributed by atoms with van der Waals surface area (Å²) in [5, 5.41) is 12.2. The van der Waals surface area contributed by atoms with E-state index in [4.69, 9.17) is 4.74 Å². The molecule has 2 N–H and O–H groups in total. The normalized spacial score (nSPS) is 18.0. The van der Waals surface area contributed by atoms with Gasteiger partial charge in [0.25, 0.3) is 5.91 Å². The molecule has 8 heteroatoms. The summed E-state index contributed by atoms with van der Waals surface area (Å²) in [5.74, 6) is 1.11. The van der Waals surface area contributed by atoms with Gasteiger partial charge in [-0.3, -0.25) is 10.1 Å². The van der Waals surface area contributed by atoms with Gasteiger partial charge in [0.05, 0.1) is 25.2 Å². The molecule has 0 saturated carbocycles. The van der Waals surface area contributed by atoms with Crippen molar-refractivity contribution in [2.45, 2.75) is 38.4 Å². The predicted octanol–water partition coefficient (Wildman–Crippen LogP) is 1.43. The number of aliphatic hydroxyl groups excluding tert-OH is 1. The van der Waals surface area contributed by atoms with Crippen LogP contribution < -0.4 is 10.1 Å². The van der Waals surface area contributed by atoms with Crippen LogP contribution in [0.1, 0.15) is 24.8 Å². The fourth-order valence-corrected chi connectivity index (χ4v) is 3.38. The predicted molar refractivity (Wildman–Crippen MR) is 99.7 cm³/mol. The molecule has 1 amide bonds. The summed E-state index contributed by atoms with van der Waals surface area (Å²) in [7, 11) is 0. The number of fused-ring (bicyclic) bond motifs is 2. The minimum absolute atomic E-state index is 0.212. The molecule has 1 fully saturated rings. The minimum Gasteiger partial charge on any atom is -0.494 e. The zero-order chi connectivity index (χ0) is 18.6. The number of aliphatic hydroxyl groups is 1. The van der Waals surface area contributed by atoms with Crippen LogP contribution in [0.25, 0.3) is 0 Å². The maximum absolute atomic E-state index is 11.9. The lowest BCUT2D eigenvalue weighted by Gasteiger charge is -2.27. The number of nitrogens with zero attached hydrogens (tertiary/aromatic N) is 4. The Morgan fingerprint density at radius 2 is 2.22 bits per heavy atom. The highest BCUT2D eigenvalue weighted by Gasteiger charge is 2.38. The third kappa shape index (κ3) is 3.80. The van der Waals surface area contributed by atoms with E-state index in [0.29, 0.717) is 19.1 Å². The zero-order valence-corrected chi connectivity index (χ0v) is 15.0. The number of unbranched alkanes of at least 4 members (excludes halogenated alkanes) is 2. The molecular formula is C19H23N5O3. The van der Waals surface area contributed by atoms with Crippen molar-refractivity contribution in [1.82, 2.24) is 19.8 Å². The Kier molecular flexibility index (Phi) is 5.06. The number of aryl methyl sites for hydroxylation is 1. The Balaban J connectivity index is 1.28. The molecule has 2 aliphatic heterocycles. The molecule has 1 atom stereocenters. The Labute approximate surface area is 157 Å². The molecule has 8 nitrogen and oxygen atoms in total. The van der Waals surface area contributed by atoms with Crippen molar-refractivity contribution in [3.8, 4) is 5.75 Å². The van der Waals surface area contributed by atoms with Crippen LogP contribution >= 0.6 is 0 Å². The molecule has 142 valence electrons. The van der Waals surface area contributed by atoms with Crippen LogP contribution in [0, 0.1) is 0 Å². The molecule has 0 bridgehead atoms. The van der Waals surface area contributed by atoms with E-state index in [2.05, 4.69) is 19.9 Å². The van der Waals surface area contributed by atoms with Crippen LogP contribution in [-0.4, -0.2) is 50.7 Å². The second kappa shape index (κ2) is 7.79. The Hall–Kier alpha value is -2.87. The number of hydrogen-bond donors (Lipinski definition) is 2. The molecule has 2 aromatic rings. The fraction of sp³-hybridized carbons (Fsp3) is 0.421. The monoisotopic (exact) mass is 369 g/mol. The van der Waals surface area contributed by atoms with E-state index in [-0.39, 0.29) is 12.5 Å². The average Bonchev–Trinajstić information content (AvgIpc) is 3.29. The standard InChI is InChI=1S/C19H23N5O3/c25-12-17-18(26)22-19-21-16-5-4-15(10-14(16)11-24(17)19)27-9-3-1-2-7-23-8-6-20-13-23/h4-6,8,10,13,17,25H,1-3,7,9,11-12H2,(H,21,22,26). The van der Waals surface area contributed by atoms with Gasteiger partial charge < -0.3 is 19.3 Å². The molecule has 27 heavy (non-hydrogen) atoms. The van der Waals surface area contributed by atoms with Gasteiger partial charge in [-0.1, -0.05) is 0 Å². The molecule has 4 rings (SSSR count). The molecule has 0 spiro atoms. The number of aromatic nitrogens is 2. The molecule has 1 saturated heterocycles. The van der Waals surface area contributed by atoms with Gasteiger partial charge >= 0.3 is 0 Å². The second-order valence-electron chi connectivity index (χ2n) is 6.75. The number of carbonyl (C=O) groups is 1. The number of rotatable bonds is 8. The van der Waals surface area contributed by atoms with Crippen molar-refractivity contribution in [3.63, 3.8) is 0 Å². The molecule has 1 unspecified atom stereocenters. The number of ether oxygens (including phenoxy) is 1. The summed E-state index contributed by atoms with van der Waals surface area (Å²) in [4.78, 5) is 22.2. The maximum Gasteiger partial charge on any atom is 0.251 e. The molecule has 2 aliphatic rings. The topological polar surface area (TPSA) is 92.0 Å². The lowest BCUT2D eigenvalue weighted by molar-refractivity contribution is -0.122. The number of hydrogen-bond acceptors (Lipinski definition) is 6. The molecule has 0 radical (unpaired) electrons. The van der Waals surface area contributed by atoms with Gasteiger partial charge in [0.1, 0.15) is 11.8 Å². The third-order valence-corrected chi connectivity index (χ3v) is 4.87. The number of nitrogens with one attached hydrogen (secondary N) is 1. The molecule has 1 aromatic carbocycles. The SMILES string of the molecule is O=C1NC2=Nc3ccc(OCCCCCn4ccnc4)cc3CN2C1CO. The summed E-state index contributed by atoms with van der Waals surface area (Å²) in [6.45, 7) is 1.95. The summed E-state index contributed by atoms with van der Waals surface area (Å²) in [6, 6.07) is 5.21. The highest BCUT2D eigenvalue weighted by molar-refractivity contribution is 6.07. The van der Waals surface area contributed by atoms with Crippen molar-refractivity contribution in [2.24, 2.45) is 4.99 Å². The van der Waals surface area contributed by atoms with Crippen LogP contribution in [0.2, 0.25) is 0 Å². The van der Waals surface area contributed by atoms with Gasteiger partial charge in [-0.15, -0.1) is 0 Å². The van der Waals surface area contributed by atoms with Crippen molar-refractivity contribution < 1.29 is 14.6 Å². The van der Waals surface area contributed by atoms with E-state index in [1.165, 1.54) is 0 Å². The minimum atomic E-state index is -0.572. The molecular weight excluding hydrogens is 346 g/mol. The highest BCUT2D eigenvalue weighted by atomic mass is 16.5. The summed E-state index contributed by atoms with van der Waals surface area (Å²) in [6.07, 6.45) is 8.79. The van der Waals surface area contributed by atoms with E-state index >= 15 is 0 Å². The first-order chi connectivity index (χ1) is 13.2. The van der Waals surface area contributed by atoms with E-state index in [0.717, 1.165) is 42.8 Å².